The minimum Gasteiger partial charge on any atom is -0.488 e. The van der Waals surface area contributed by atoms with Gasteiger partial charge in [-0.05, 0) is 35.7 Å². The second-order valence-electron chi connectivity index (χ2n) is 5.07. The molecule has 1 aliphatic heterocycles. The number of ether oxygens (including phenoxy) is 1. The Bertz CT molecular complexity index is 560. The summed E-state index contributed by atoms with van der Waals surface area (Å²) in [4.78, 5) is 0. The molecule has 20 heavy (non-hydrogen) atoms. The SMILES string of the molecule is NNC(Cc1ccc(Br)cc1)C1Cc2ccccc2O1. The van der Waals surface area contributed by atoms with Gasteiger partial charge in [-0.25, -0.2) is 0 Å². The summed E-state index contributed by atoms with van der Waals surface area (Å²) < 4.78 is 7.09. The fraction of sp³-hybridized carbons (Fsp3) is 0.250. The van der Waals surface area contributed by atoms with Gasteiger partial charge in [0.2, 0.25) is 0 Å². The van der Waals surface area contributed by atoms with Crippen LogP contribution in [0.3, 0.4) is 0 Å². The minimum atomic E-state index is 0.0843. The molecule has 2 unspecified atom stereocenters. The van der Waals surface area contributed by atoms with E-state index in [-0.39, 0.29) is 12.1 Å². The Labute approximate surface area is 127 Å². The van der Waals surface area contributed by atoms with E-state index in [0.717, 1.165) is 23.1 Å². The third-order valence-electron chi connectivity index (χ3n) is 3.70. The Kier molecular flexibility index (Phi) is 4.05. The van der Waals surface area contributed by atoms with Gasteiger partial charge < -0.3 is 4.74 Å². The van der Waals surface area contributed by atoms with Gasteiger partial charge in [0.25, 0.3) is 0 Å². The summed E-state index contributed by atoms with van der Waals surface area (Å²) >= 11 is 3.45. The molecule has 2 aromatic carbocycles. The van der Waals surface area contributed by atoms with E-state index in [4.69, 9.17) is 10.6 Å². The van der Waals surface area contributed by atoms with E-state index in [1.54, 1.807) is 0 Å². The summed E-state index contributed by atoms with van der Waals surface area (Å²) in [7, 11) is 0. The number of halogens is 1. The summed E-state index contributed by atoms with van der Waals surface area (Å²) in [6.07, 6.45) is 1.84. The van der Waals surface area contributed by atoms with E-state index >= 15 is 0 Å². The standard InChI is InChI=1S/C16H17BrN2O/c17-13-7-5-11(6-8-13)9-14(19-18)16-10-12-3-1-2-4-15(12)20-16/h1-8,14,16,19H,9-10,18H2. The number of nitrogens with two attached hydrogens (primary N) is 1. The average molecular weight is 333 g/mol. The van der Waals surface area contributed by atoms with Crippen LogP contribution in [-0.2, 0) is 12.8 Å². The van der Waals surface area contributed by atoms with Gasteiger partial charge in [-0.1, -0.05) is 46.3 Å². The Morgan fingerprint density at radius 2 is 1.95 bits per heavy atom. The van der Waals surface area contributed by atoms with Crippen molar-refractivity contribution in [3.63, 3.8) is 0 Å². The normalized spacial score (nSPS) is 18.4. The number of hydrogen-bond acceptors (Lipinski definition) is 3. The number of fused-ring (bicyclic) bond motifs is 1. The molecule has 104 valence electrons. The fourth-order valence-corrected chi connectivity index (χ4v) is 2.87. The van der Waals surface area contributed by atoms with Crippen LogP contribution in [-0.4, -0.2) is 12.1 Å². The van der Waals surface area contributed by atoms with E-state index in [9.17, 15) is 0 Å². The second kappa shape index (κ2) is 5.95. The van der Waals surface area contributed by atoms with Crippen molar-refractivity contribution >= 4 is 15.9 Å². The number of hydrogen-bond donors (Lipinski definition) is 2. The highest BCUT2D eigenvalue weighted by molar-refractivity contribution is 9.10. The molecule has 1 heterocycles. The van der Waals surface area contributed by atoms with Gasteiger partial charge >= 0.3 is 0 Å². The summed E-state index contributed by atoms with van der Waals surface area (Å²) in [6, 6.07) is 16.6. The van der Waals surface area contributed by atoms with Gasteiger partial charge in [0, 0.05) is 10.9 Å². The van der Waals surface area contributed by atoms with Gasteiger partial charge in [0.1, 0.15) is 11.9 Å². The number of nitrogens with one attached hydrogen (secondary N) is 1. The van der Waals surface area contributed by atoms with Crippen molar-refractivity contribution in [2.75, 3.05) is 0 Å². The maximum atomic E-state index is 6.00. The zero-order chi connectivity index (χ0) is 13.9. The number of benzene rings is 2. The van der Waals surface area contributed by atoms with Crippen LogP contribution in [0.5, 0.6) is 5.75 Å². The smallest absolute Gasteiger partial charge is 0.123 e. The number of hydrazine groups is 1. The molecular weight excluding hydrogens is 316 g/mol. The zero-order valence-electron chi connectivity index (χ0n) is 11.1. The van der Waals surface area contributed by atoms with Crippen molar-refractivity contribution in [1.82, 2.24) is 5.43 Å². The second-order valence-corrected chi connectivity index (χ2v) is 5.99. The van der Waals surface area contributed by atoms with Crippen molar-refractivity contribution in [2.45, 2.75) is 25.0 Å². The molecule has 4 heteroatoms. The first-order chi connectivity index (χ1) is 9.76. The molecule has 0 saturated carbocycles. The molecule has 2 atom stereocenters. The first kappa shape index (κ1) is 13.6. The van der Waals surface area contributed by atoms with E-state index in [2.05, 4.69) is 39.6 Å². The van der Waals surface area contributed by atoms with Crippen LogP contribution in [0.25, 0.3) is 0 Å². The lowest BCUT2D eigenvalue weighted by atomic mass is 9.98. The predicted octanol–water partition coefficient (Wildman–Crippen LogP) is 2.83. The monoisotopic (exact) mass is 332 g/mol. The quantitative estimate of drug-likeness (QED) is 0.668. The predicted molar refractivity (Wildman–Crippen MR) is 83.5 cm³/mol. The molecule has 3 rings (SSSR count). The van der Waals surface area contributed by atoms with Crippen molar-refractivity contribution in [1.29, 1.82) is 0 Å². The highest BCUT2D eigenvalue weighted by Gasteiger charge is 2.29. The Balaban J connectivity index is 1.71. The molecule has 0 aromatic heterocycles. The van der Waals surface area contributed by atoms with Gasteiger partial charge in [-0.2, -0.15) is 0 Å². The molecular formula is C16H17BrN2O. The molecule has 0 aliphatic carbocycles. The van der Waals surface area contributed by atoms with Crippen LogP contribution in [0.4, 0.5) is 0 Å². The Morgan fingerprint density at radius 3 is 2.65 bits per heavy atom. The number of para-hydroxylation sites is 1. The molecule has 3 nitrogen and oxygen atoms in total. The third kappa shape index (κ3) is 2.87. The van der Waals surface area contributed by atoms with Crippen LogP contribution < -0.4 is 16.0 Å². The molecule has 0 radical (unpaired) electrons. The van der Waals surface area contributed by atoms with Gasteiger partial charge in [0.15, 0.2) is 0 Å². The maximum absolute atomic E-state index is 6.00. The van der Waals surface area contributed by atoms with Gasteiger partial charge in [0.05, 0.1) is 6.04 Å². The molecule has 0 spiro atoms. The first-order valence-electron chi connectivity index (χ1n) is 6.71. The third-order valence-corrected chi connectivity index (χ3v) is 4.23. The lowest BCUT2D eigenvalue weighted by Crippen LogP contribution is -2.47. The largest absolute Gasteiger partial charge is 0.488 e. The van der Waals surface area contributed by atoms with E-state index < -0.39 is 0 Å². The molecule has 1 aliphatic rings. The number of rotatable bonds is 4. The summed E-state index contributed by atoms with van der Waals surface area (Å²) in [5.74, 6) is 6.71. The highest BCUT2D eigenvalue weighted by atomic mass is 79.9. The molecule has 0 amide bonds. The van der Waals surface area contributed by atoms with E-state index in [1.165, 1.54) is 11.1 Å². The zero-order valence-corrected chi connectivity index (χ0v) is 12.6. The van der Waals surface area contributed by atoms with Crippen molar-refractivity contribution in [2.24, 2.45) is 5.84 Å². The van der Waals surface area contributed by atoms with Crippen molar-refractivity contribution in [3.8, 4) is 5.75 Å². The fourth-order valence-electron chi connectivity index (χ4n) is 2.61. The maximum Gasteiger partial charge on any atom is 0.123 e. The Morgan fingerprint density at radius 1 is 1.20 bits per heavy atom. The van der Waals surface area contributed by atoms with Crippen LogP contribution in [0.2, 0.25) is 0 Å². The van der Waals surface area contributed by atoms with E-state index in [1.807, 2.05) is 30.3 Å². The molecule has 0 bridgehead atoms. The summed E-state index contributed by atoms with van der Waals surface area (Å²) in [6.45, 7) is 0. The highest BCUT2D eigenvalue weighted by Crippen LogP contribution is 2.30. The lowest BCUT2D eigenvalue weighted by Gasteiger charge is -2.22. The van der Waals surface area contributed by atoms with Crippen molar-refractivity contribution < 1.29 is 4.74 Å². The van der Waals surface area contributed by atoms with Crippen molar-refractivity contribution in [3.05, 3.63) is 64.1 Å². The molecule has 0 saturated heterocycles. The topological polar surface area (TPSA) is 47.3 Å². The molecule has 0 fully saturated rings. The summed E-state index contributed by atoms with van der Waals surface area (Å²) in [5, 5.41) is 0. The summed E-state index contributed by atoms with van der Waals surface area (Å²) in [5.41, 5.74) is 5.41. The molecule has 3 N–H and O–H groups in total. The lowest BCUT2D eigenvalue weighted by molar-refractivity contribution is 0.177. The van der Waals surface area contributed by atoms with Crippen LogP contribution in [0.1, 0.15) is 11.1 Å². The van der Waals surface area contributed by atoms with Gasteiger partial charge in [-0.3, -0.25) is 11.3 Å². The first-order valence-corrected chi connectivity index (χ1v) is 7.50. The average Bonchev–Trinajstić information content (AvgIpc) is 2.90. The van der Waals surface area contributed by atoms with E-state index in [0.29, 0.717) is 0 Å². The Hall–Kier alpha value is -1.36. The van der Waals surface area contributed by atoms with Crippen LogP contribution >= 0.6 is 15.9 Å². The minimum absolute atomic E-state index is 0.0843. The van der Waals surface area contributed by atoms with Crippen LogP contribution in [0.15, 0.2) is 53.0 Å². The van der Waals surface area contributed by atoms with Crippen LogP contribution in [0, 0.1) is 0 Å². The molecule has 2 aromatic rings. The van der Waals surface area contributed by atoms with Gasteiger partial charge in [-0.15, -0.1) is 0 Å².